The van der Waals surface area contributed by atoms with Crippen LogP contribution in [0.15, 0.2) is 24.3 Å². The maximum Gasteiger partial charge on any atom is 0.0544 e. The number of nitrogens with two attached hydrogens (primary N) is 1. The lowest BCUT2D eigenvalue weighted by Crippen LogP contribution is -2.49. The minimum atomic E-state index is -0.208. The van der Waals surface area contributed by atoms with Crippen molar-refractivity contribution in [3.63, 3.8) is 0 Å². The second kappa shape index (κ2) is 3.07. The zero-order chi connectivity index (χ0) is 10.3. The van der Waals surface area contributed by atoms with Crippen LogP contribution in [0.1, 0.15) is 18.1 Å². The molecule has 0 heterocycles. The molecule has 2 rings (SSSR count). The summed E-state index contributed by atoms with van der Waals surface area (Å²) in [5.74, 6) is 0. The first kappa shape index (κ1) is 9.69. The Hall–Kier alpha value is -0.860. The van der Waals surface area contributed by atoms with Gasteiger partial charge in [-0.15, -0.1) is 0 Å². The Balaban J connectivity index is 2.45. The third kappa shape index (κ3) is 1.26. The third-order valence-corrected chi connectivity index (χ3v) is 3.33. The molecule has 0 aromatic heterocycles. The highest BCUT2D eigenvalue weighted by molar-refractivity contribution is 5.40. The van der Waals surface area contributed by atoms with E-state index in [1.54, 1.807) is 0 Å². The highest BCUT2D eigenvalue weighted by atomic mass is 15.1. The first-order chi connectivity index (χ1) is 6.53. The van der Waals surface area contributed by atoms with Gasteiger partial charge in [0.05, 0.1) is 5.54 Å². The number of benzene rings is 1. The van der Waals surface area contributed by atoms with Gasteiger partial charge in [0, 0.05) is 6.04 Å². The van der Waals surface area contributed by atoms with Crippen LogP contribution >= 0.6 is 0 Å². The van der Waals surface area contributed by atoms with Crippen molar-refractivity contribution in [1.29, 1.82) is 0 Å². The summed E-state index contributed by atoms with van der Waals surface area (Å²) in [7, 11) is 4.20. The van der Waals surface area contributed by atoms with Crippen LogP contribution in [0.2, 0.25) is 0 Å². The smallest absolute Gasteiger partial charge is 0.0544 e. The van der Waals surface area contributed by atoms with Crippen molar-refractivity contribution in [2.75, 3.05) is 14.1 Å². The Bertz CT molecular complexity index is 342. The zero-order valence-electron chi connectivity index (χ0n) is 9.12. The summed E-state index contributed by atoms with van der Waals surface area (Å²) >= 11 is 0. The maximum atomic E-state index is 6.39. The van der Waals surface area contributed by atoms with Crippen LogP contribution in [0, 0.1) is 0 Å². The number of hydrogen-bond donors (Lipinski definition) is 1. The summed E-state index contributed by atoms with van der Waals surface area (Å²) in [4.78, 5) is 2.22. The number of hydrogen-bond acceptors (Lipinski definition) is 2. The molecule has 1 aliphatic carbocycles. The van der Waals surface area contributed by atoms with Crippen LogP contribution in [-0.2, 0) is 12.0 Å². The molecular weight excluding hydrogens is 172 g/mol. The van der Waals surface area contributed by atoms with Gasteiger partial charge in [-0.1, -0.05) is 24.3 Å². The molecule has 2 N–H and O–H groups in total. The van der Waals surface area contributed by atoms with Gasteiger partial charge >= 0.3 is 0 Å². The molecule has 0 radical (unpaired) electrons. The summed E-state index contributed by atoms with van der Waals surface area (Å²) in [6.45, 7) is 2.13. The quantitative estimate of drug-likeness (QED) is 0.724. The van der Waals surface area contributed by atoms with Gasteiger partial charge in [-0.2, -0.15) is 0 Å². The van der Waals surface area contributed by atoms with Crippen molar-refractivity contribution in [2.45, 2.75) is 24.9 Å². The van der Waals surface area contributed by atoms with Crippen molar-refractivity contribution < 1.29 is 0 Å². The average molecular weight is 190 g/mol. The maximum absolute atomic E-state index is 6.39. The predicted octanol–water partition coefficient (Wildman–Crippen LogP) is 1.35. The molecule has 1 aromatic rings. The molecule has 14 heavy (non-hydrogen) atoms. The van der Waals surface area contributed by atoms with Gasteiger partial charge in [-0.05, 0) is 38.6 Å². The van der Waals surface area contributed by atoms with Gasteiger partial charge in [0.15, 0.2) is 0 Å². The lowest BCUT2D eigenvalue weighted by Gasteiger charge is -2.33. The molecule has 2 atom stereocenters. The topological polar surface area (TPSA) is 29.3 Å². The van der Waals surface area contributed by atoms with E-state index in [1.807, 2.05) is 0 Å². The van der Waals surface area contributed by atoms with E-state index in [2.05, 4.69) is 50.2 Å². The first-order valence-electron chi connectivity index (χ1n) is 5.07. The van der Waals surface area contributed by atoms with E-state index in [9.17, 15) is 0 Å². The van der Waals surface area contributed by atoms with Crippen LogP contribution in [0.3, 0.4) is 0 Å². The molecular formula is C12H18N2. The second-order valence-corrected chi connectivity index (χ2v) is 4.62. The zero-order valence-corrected chi connectivity index (χ0v) is 9.12. The number of nitrogens with zero attached hydrogens (tertiary/aromatic N) is 1. The lowest BCUT2D eigenvalue weighted by atomic mass is 9.91. The highest BCUT2D eigenvalue weighted by Crippen LogP contribution is 2.36. The molecule has 0 aliphatic heterocycles. The SMILES string of the molecule is CN(C)C1Cc2ccccc2C1(C)N. The Morgan fingerprint density at radius 1 is 1.36 bits per heavy atom. The minimum absolute atomic E-state index is 0.208. The van der Waals surface area contributed by atoms with Crippen molar-refractivity contribution in [3.8, 4) is 0 Å². The molecule has 0 spiro atoms. The molecule has 0 amide bonds. The van der Waals surface area contributed by atoms with Gasteiger partial charge in [-0.25, -0.2) is 0 Å². The summed E-state index contributed by atoms with van der Waals surface area (Å²) in [5.41, 5.74) is 8.89. The van der Waals surface area contributed by atoms with Gasteiger partial charge in [-0.3, -0.25) is 0 Å². The molecule has 2 nitrogen and oxygen atoms in total. The molecule has 0 fully saturated rings. The Kier molecular flexibility index (Phi) is 2.13. The van der Waals surface area contributed by atoms with Crippen molar-refractivity contribution in [3.05, 3.63) is 35.4 Å². The van der Waals surface area contributed by atoms with E-state index in [0.717, 1.165) is 6.42 Å². The highest BCUT2D eigenvalue weighted by Gasteiger charge is 2.40. The van der Waals surface area contributed by atoms with Crippen molar-refractivity contribution in [1.82, 2.24) is 4.90 Å². The molecule has 2 unspecified atom stereocenters. The minimum Gasteiger partial charge on any atom is -0.320 e. The van der Waals surface area contributed by atoms with Crippen LogP contribution < -0.4 is 5.73 Å². The number of fused-ring (bicyclic) bond motifs is 1. The number of likely N-dealkylation sites (N-methyl/N-ethyl adjacent to an activating group) is 1. The van der Waals surface area contributed by atoms with E-state index < -0.39 is 0 Å². The summed E-state index contributed by atoms with van der Waals surface area (Å²) in [6, 6.07) is 8.91. The van der Waals surface area contributed by atoms with E-state index >= 15 is 0 Å². The van der Waals surface area contributed by atoms with Crippen LogP contribution in [0.25, 0.3) is 0 Å². The molecule has 0 saturated heterocycles. The fourth-order valence-corrected chi connectivity index (χ4v) is 2.54. The largest absolute Gasteiger partial charge is 0.320 e. The van der Waals surface area contributed by atoms with Crippen molar-refractivity contribution in [2.24, 2.45) is 5.73 Å². The van der Waals surface area contributed by atoms with Gasteiger partial charge in [0.2, 0.25) is 0 Å². The molecule has 2 heteroatoms. The fraction of sp³-hybridized carbons (Fsp3) is 0.500. The van der Waals surface area contributed by atoms with Gasteiger partial charge < -0.3 is 10.6 Å². The lowest BCUT2D eigenvalue weighted by molar-refractivity contribution is 0.207. The van der Waals surface area contributed by atoms with Crippen LogP contribution in [0.4, 0.5) is 0 Å². The molecule has 1 aromatic carbocycles. The van der Waals surface area contributed by atoms with Crippen LogP contribution in [0.5, 0.6) is 0 Å². The van der Waals surface area contributed by atoms with E-state index in [0.29, 0.717) is 6.04 Å². The first-order valence-corrected chi connectivity index (χ1v) is 5.07. The van der Waals surface area contributed by atoms with E-state index in [1.165, 1.54) is 11.1 Å². The Morgan fingerprint density at radius 3 is 2.57 bits per heavy atom. The monoisotopic (exact) mass is 190 g/mol. The third-order valence-electron chi connectivity index (χ3n) is 3.33. The Morgan fingerprint density at radius 2 is 2.00 bits per heavy atom. The predicted molar refractivity (Wildman–Crippen MR) is 59.2 cm³/mol. The number of rotatable bonds is 1. The average Bonchev–Trinajstić information content (AvgIpc) is 2.39. The molecule has 76 valence electrons. The van der Waals surface area contributed by atoms with Crippen LogP contribution in [-0.4, -0.2) is 25.0 Å². The summed E-state index contributed by atoms with van der Waals surface area (Å²) < 4.78 is 0. The standard InChI is InChI=1S/C12H18N2/c1-12(13)10-7-5-4-6-9(10)8-11(12)14(2)3/h4-7,11H,8,13H2,1-3H3. The summed E-state index contributed by atoms with van der Waals surface area (Å²) in [5, 5.41) is 0. The second-order valence-electron chi connectivity index (χ2n) is 4.62. The van der Waals surface area contributed by atoms with Gasteiger partial charge in [0.25, 0.3) is 0 Å². The van der Waals surface area contributed by atoms with Crippen molar-refractivity contribution >= 4 is 0 Å². The molecule has 0 bridgehead atoms. The fourth-order valence-electron chi connectivity index (χ4n) is 2.54. The normalized spacial score (nSPS) is 30.8. The molecule has 1 aliphatic rings. The van der Waals surface area contributed by atoms with E-state index in [4.69, 9.17) is 5.73 Å². The van der Waals surface area contributed by atoms with E-state index in [-0.39, 0.29) is 5.54 Å². The Labute approximate surface area is 85.7 Å². The van der Waals surface area contributed by atoms with Gasteiger partial charge in [0.1, 0.15) is 0 Å². The molecule has 0 saturated carbocycles. The summed E-state index contributed by atoms with van der Waals surface area (Å²) in [6.07, 6.45) is 1.07.